The summed E-state index contributed by atoms with van der Waals surface area (Å²) in [6, 6.07) is 2.15. The fourth-order valence-corrected chi connectivity index (χ4v) is 2.14. The van der Waals surface area contributed by atoms with E-state index in [0.29, 0.717) is 25.0 Å². The van der Waals surface area contributed by atoms with Crippen molar-refractivity contribution in [2.45, 2.75) is 32.5 Å². The zero-order valence-electron chi connectivity index (χ0n) is 11.0. The standard InChI is InChI=1S/C13H19NO4/c1-9-8-18-10(2)6-14(9)7-11-4-5-17-12(11)13(15)16-3/h4-5,9-10H,6-8H2,1-3H3. The van der Waals surface area contributed by atoms with Crippen LogP contribution >= 0.6 is 0 Å². The number of carbonyl (C=O) groups is 1. The van der Waals surface area contributed by atoms with Crippen LogP contribution < -0.4 is 0 Å². The molecule has 5 heteroatoms. The zero-order chi connectivity index (χ0) is 13.1. The van der Waals surface area contributed by atoms with Gasteiger partial charge in [0.25, 0.3) is 0 Å². The molecule has 0 amide bonds. The summed E-state index contributed by atoms with van der Waals surface area (Å²) < 4.78 is 15.5. The number of rotatable bonds is 3. The number of hydrogen-bond donors (Lipinski definition) is 0. The minimum Gasteiger partial charge on any atom is -0.463 e. The first kappa shape index (κ1) is 13.1. The van der Waals surface area contributed by atoms with Gasteiger partial charge in [0.1, 0.15) is 0 Å². The minimum absolute atomic E-state index is 0.217. The fourth-order valence-electron chi connectivity index (χ4n) is 2.14. The first-order valence-corrected chi connectivity index (χ1v) is 6.12. The zero-order valence-corrected chi connectivity index (χ0v) is 11.0. The van der Waals surface area contributed by atoms with Crippen LogP contribution in [0.4, 0.5) is 0 Å². The maximum Gasteiger partial charge on any atom is 0.374 e. The van der Waals surface area contributed by atoms with Gasteiger partial charge in [0.05, 0.1) is 26.1 Å². The van der Waals surface area contributed by atoms with Crippen LogP contribution in [0.15, 0.2) is 16.7 Å². The second-order valence-electron chi connectivity index (χ2n) is 4.69. The molecule has 0 N–H and O–H groups in total. The van der Waals surface area contributed by atoms with E-state index in [2.05, 4.69) is 18.7 Å². The monoisotopic (exact) mass is 253 g/mol. The molecule has 0 aliphatic carbocycles. The number of carbonyl (C=O) groups excluding carboxylic acids is 1. The van der Waals surface area contributed by atoms with Crippen molar-refractivity contribution in [2.24, 2.45) is 0 Å². The molecule has 1 aromatic rings. The molecule has 0 bridgehead atoms. The first-order chi connectivity index (χ1) is 8.61. The van der Waals surface area contributed by atoms with Crippen molar-refractivity contribution in [1.29, 1.82) is 0 Å². The first-order valence-electron chi connectivity index (χ1n) is 6.12. The fraction of sp³-hybridized carbons (Fsp3) is 0.615. The van der Waals surface area contributed by atoms with Crippen molar-refractivity contribution in [3.63, 3.8) is 0 Å². The number of nitrogens with zero attached hydrogens (tertiary/aromatic N) is 1. The molecule has 2 rings (SSSR count). The second-order valence-corrected chi connectivity index (χ2v) is 4.69. The lowest BCUT2D eigenvalue weighted by atomic mass is 10.1. The number of ether oxygens (including phenoxy) is 2. The molecule has 100 valence electrons. The Morgan fingerprint density at radius 1 is 1.56 bits per heavy atom. The third-order valence-electron chi connectivity index (χ3n) is 3.23. The Labute approximate surface area is 107 Å². The smallest absolute Gasteiger partial charge is 0.374 e. The van der Waals surface area contributed by atoms with Crippen molar-refractivity contribution in [3.05, 3.63) is 23.7 Å². The molecule has 0 saturated carbocycles. The van der Waals surface area contributed by atoms with E-state index in [9.17, 15) is 4.79 Å². The lowest BCUT2D eigenvalue weighted by Crippen LogP contribution is -2.46. The van der Waals surface area contributed by atoms with E-state index in [1.165, 1.54) is 13.4 Å². The predicted octanol–water partition coefficient (Wildman–Crippen LogP) is 1.68. The van der Waals surface area contributed by atoms with Gasteiger partial charge in [-0.2, -0.15) is 0 Å². The molecule has 1 saturated heterocycles. The van der Waals surface area contributed by atoms with Crippen LogP contribution in [0.2, 0.25) is 0 Å². The topological polar surface area (TPSA) is 51.9 Å². The van der Waals surface area contributed by atoms with Gasteiger partial charge in [-0.25, -0.2) is 4.79 Å². The quantitative estimate of drug-likeness (QED) is 0.767. The van der Waals surface area contributed by atoms with E-state index in [1.807, 2.05) is 6.07 Å². The molecule has 0 spiro atoms. The van der Waals surface area contributed by atoms with Gasteiger partial charge in [0, 0.05) is 24.7 Å². The third-order valence-corrected chi connectivity index (χ3v) is 3.23. The van der Waals surface area contributed by atoms with Crippen LogP contribution in [0.5, 0.6) is 0 Å². The largest absolute Gasteiger partial charge is 0.463 e. The minimum atomic E-state index is -0.427. The van der Waals surface area contributed by atoms with E-state index in [4.69, 9.17) is 13.9 Å². The van der Waals surface area contributed by atoms with Gasteiger partial charge in [-0.3, -0.25) is 4.90 Å². The molecule has 2 unspecified atom stereocenters. The number of esters is 1. The lowest BCUT2D eigenvalue weighted by Gasteiger charge is -2.36. The SMILES string of the molecule is COC(=O)c1occc1CN1CC(C)OCC1C. The highest BCUT2D eigenvalue weighted by Crippen LogP contribution is 2.19. The van der Waals surface area contributed by atoms with Crippen LogP contribution in [0, 0.1) is 0 Å². The summed E-state index contributed by atoms with van der Waals surface area (Å²) in [6.45, 7) is 6.41. The Balaban J connectivity index is 2.09. The second kappa shape index (κ2) is 5.54. The summed E-state index contributed by atoms with van der Waals surface area (Å²) >= 11 is 0. The highest BCUT2D eigenvalue weighted by molar-refractivity contribution is 5.87. The molecule has 1 aliphatic heterocycles. The van der Waals surface area contributed by atoms with E-state index in [1.54, 1.807) is 0 Å². The highest BCUT2D eigenvalue weighted by atomic mass is 16.5. The molecule has 1 aromatic heterocycles. The summed E-state index contributed by atoms with van der Waals surface area (Å²) in [7, 11) is 1.36. The molecule has 1 aliphatic rings. The average molecular weight is 253 g/mol. The van der Waals surface area contributed by atoms with Crippen molar-refractivity contribution in [2.75, 3.05) is 20.3 Å². The molecule has 2 atom stereocenters. The highest BCUT2D eigenvalue weighted by Gasteiger charge is 2.26. The summed E-state index contributed by atoms with van der Waals surface area (Å²) in [4.78, 5) is 13.8. The number of morpholine rings is 1. The molecule has 0 aromatic carbocycles. The van der Waals surface area contributed by atoms with Gasteiger partial charge in [0.2, 0.25) is 5.76 Å². The maximum absolute atomic E-state index is 11.5. The van der Waals surface area contributed by atoms with Gasteiger partial charge in [0.15, 0.2) is 0 Å². The Bertz CT molecular complexity index is 415. The van der Waals surface area contributed by atoms with Crippen molar-refractivity contribution in [1.82, 2.24) is 4.90 Å². The molecule has 1 fully saturated rings. The summed E-state index contributed by atoms with van der Waals surface area (Å²) in [5.41, 5.74) is 0.864. The average Bonchev–Trinajstić information content (AvgIpc) is 2.81. The number of methoxy groups -OCH3 is 1. The van der Waals surface area contributed by atoms with E-state index >= 15 is 0 Å². The van der Waals surface area contributed by atoms with Crippen LogP contribution in [0.1, 0.15) is 30.0 Å². The molecule has 2 heterocycles. The molecule has 5 nitrogen and oxygen atoms in total. The molecule has 0 radical (unpaired) electrons. The van der Waals surface area contributed by atoms with Crippen molar-refractivity contribution >= 4 is 5.97 Å². The summed E-state index contributed by atoms with van der Waals surface area (Å²) in [5, 5.41) is 0. The molecular weight excluding hydrogens is 234 g/mol. The van der Waals surface area contributed by atoms with Gasteiger partial charge in [-0.15, -0.1) is 0 Å². The Morgan fingerprint density at radius 2 is 2.33 bits per heavy atom. The molecule has 18 heavy (non-hydrogen) atoms. The van der Waals surface area contributed by atoms with Crippen LogP contribution in [0.25, 0.3) is 0 Å². The van der Waals surface area contributed by atoms with Gasteiger partial charge < -0.3 is 13.9 Å². The number of hydrogen-bond acceptors (Lipinski definition) is 5. The number of furan rings is 1. The Kier molecular flexibility index (Phi) is 4.04. The van der Waals surface area contributed by atoms with E-state index < -0.39 is 5.97 Å². The van der Waals surface area contributed by atoms with Gasteiger partial charge in [-0.05, 0) is 19.9 Å². The van der Waals surface area contributed by atoms with Crippen LogP contribution in [-0.4, -0.2) is 43.3 Å². The predicted molar refractivity (Wildman–Crippen MR) is 65.3 cm³/mol. The van der Waals surface area contributed by atoms with Gasteiger partial charge >= 0.3 is 5.97 Å². The Hall–Kier alpha value is -1.33. The maximum atomic E-state index is 11.5. The van der Waals surface area contributed by atoms with E-state index in [-0.39, 0.29) is 6.10 Å². The van der Waals surface area contributed by atoms with Gasteiger partial charge in [-0.1, -0.05) is 0 Å². The summed E-state index contributed by atoms with van der Waals surface area (Å²) in [6.07, 6.45) is 1.74. The van der Waals surface area contributed by atoms with E-state index in [0.717, 1.165) is 12.1 Å². The van der Waals surface area contributed by atoms with Crippen LogP contribution in [0.3, 0.4) is 0 Å². The van der Waals surface area contributed by atoms with Crippen LogP contribution in [-0.2, 0) is 16.0 Å². The lowest BCUT2D eigenvalue weighted by molar-refractivity contribution is -0.0528. The van der Waals surface area contributed by atoms with Crippen molar-refractivity contribution in [3.8, 4) is 0 Å². The third kappa shape index (κ3) is 2.73. The molecular formula is C13H19NO4. The normalized spacial score (nSPS) is 25.1. The summed E-state index contributed by atoms with van der Waals surface area (Å²) in [5.74, 6) is -0.132. The Morgan fingerprint density at radius 3 is 3.06 bits per heavy atom. The van der Waals surface area contributed by atoms with Crippen molar-refractivity contribution < 1.29 is 18.7 Å².